The van der Waals surface area contributed by atoms with E-state index >= 15 is 0 Å². The second-order valence-electron chi connectivity index (χ2n) is 4.11. The molecule has 1 heteroatoms. The number of aromatic nitrogens is 1. The van der Waals surface area contributed by atoms with Crippen LogP contribution in [0.1, 0.15) is 29.2 Å². The van der Waals surface area contributed by atoms with E-state index in [2.05, 4.69) is 49.7 Å². The van der Waals surface area contributed by atoms with Crippen molar-refractivity contribution in [2.45, 2.75) is 27.7 Å². The summed E-state index contributed by atoms with van der Waals surface area (Å²) in [6.07, 6.45) is 1.85. The van der Waals surface area contributed by atoms with E-state index in [1.807, 2.05) is 13.1 Å². The molecular weight excluding hydrogens is 194 g/mol. The normalized spacial score (nSPS) is 10.0. The molecule has 0 unspecified atom stereocenters. The highest BCUT2D eigenvalue weighted by atomic mass is 14.7. The van der Waals surface area contributed by atoms with Crippen molar-refractivity contribution < 1.29 is 0 Å². The molecule has 0 saturated carbocycles. The van der Waals surface area contributed by atoms with Gasteiger partial charge in [-0.15, -0.1) is 5.92 Å². The largest absolute Gasteiger partial charge is 0.255 e. The number of nitrogens with zero attached hydrogens (tertiary/aromatic N) is 1. The molecule has 16 heavy (non-hydrogen) atoms. The molecule has 0 bridgehead atoms. The molecule has 0 spiro atoms. The third-order valence-electron chi connectivity index (χ3n) is 3.07. The fourth-order valence-corrected chi connectivity index (χ4v) is 1.93. The van der Waals surface area contributed by atoms with Crippen molar-refractivity contribution in [1.29, 1.82) is 0 Å². The summed E-state index contributed by atoms with van der Waals surface area (Å²) < 4.78 is 0. The van der Waals surface area contributed by atoms with Gasteiger partial charge in [0.15, 0.2) is 0 Å². The molecule has 80 valence electrons. The van der Waals surface area contributed by atoms with Crippen LogP contribution >= 0.6 is 0 Å². The highest BCUT2D eigenvalue weighted by molar-refractivity contribution is 5.84. The summed E-state index contributed by atoms with van der Waals surface area (Å²) in [6, 6.07) is 4.30. The summed E-state index contributed by atoms with van der Waals surface area (Å²) in [4.78, 5) is 4.50. The van der Waals surface area contributed by atoms with E-state index in [4.69, 9.17) is 0 Å². The molecule has 1 nitrogen and oxygen atoms in total. The average Bonchev–Trinajstić information content (AvgIpc) is 2.26. The summed E-state index contributed by atoms with van der Waals surface area (Å²) in [7, 11) is 0. The maximum Gasteiger partial charge on any atom is 0.0734 e. The van der Waals surface area contributed by atoms with E-state index in [9.17, 15) is 0 Å². The van der Waals surface area contributed by atoms with Gasteiger partial charge in [0.05, 0.1) is 5.52 Å². The molecule has 2 aromatic rings. The number of fused-ring (bicyclic) bond motifs is 1. The molecule has 0 fully saturated rings. The van der Waals surface area contributed by atoms with Gasteiger partial charge < -0.3 is 0 Å². The van der Waals surface area contributed by atoms with Crippen molar-refractivity contribution in [2.24, 2.45) is 0 Å². The highest BCUT2D eigenvalue weighted by Gasteiger charge is 2.05. The first kappa shape index (κ1) is 10.7. The lowest BCUT2D eigenvalue weighted by molar-refractivity contribution is 1.26. The predicted octanol–water partition coefficient (Wildman–Crippen LogP) is 3.53. The van der Waals surface area contributed by atoms with Crippen molar-refractivity contribution in [3.05, 3.63) is 40.6 Å². The number of pyridine rings is 1. The number of rotatable bonds is 0. The molecule has 1 aromatic heterocycles. The molecule has 0 N–H and O–H groups in total. The van der Waals surface area contributed by atoms with Gasteiger partial charge in [0.25, 0.3) is 0 Å². The van der Waals surface area contributed by atoms with E-state index in [-0.39, 0.29) is 0 Å². The molecular formula is C15H15N. The van der Waals surface area contributed by atoms with Gasteiger partial charge >= 0.3 is 0 Å². The van der Waals surface area contributed by atoms with Crippen molar-refractivity contribution in [1.82, 2.24) is 4.98 Å². The van der Waals surface area contributed by atoms with Crippen LogP contribution in [-0.2, 0) is 0 Å². The minimum Gasteiger partial charge on any atom is -0.255 e. The molecule has 0 radical (unpaired) electrons. The summed E-state index contributed by atoms with van der Waals surface area (Å²) >= 11 is 0. The van der Waals surface area contributed by atoms with Gasteiger partial charge in [0.2, 0.25) is 0 Å². The summed E-state index contributed by atoms with van der Waals surface area (Å²) in [5.41, 5.74) is 5.98. The molecule has 1 heterocycles. The van der Waals surface area contributed by atoms with Gasteiger partial charge in [-0.3, -0.25) is 4.98 Å². The van der Waals surface area contributed by atoms with Crippen LogP contribution in [0.2, 0.25) is 0 Å². The van der Waals surface area contributed by atoms with Crippen LogP contribution in [0.3, 0.4) is 0 Å². The van der Waals surface area contributed by atoms with Crippen LogP contribution in [0.25, 0.3) is 10.9 Å². The second kappa shape index (κ2) is 3.98. The Morgan fingerprint density at radius 2 is 1.81 bits per heavy atom. The lowest BCUT2D eigenvalue weighted by Gasteiger charge is -2.08. The summed E-state index contributed by atoms with van der Waals surface area (Å²) in [5.74, 6) is 5.94. The smallest absolute Gasteiger partial charge is 0.0734 e. The zero-order valence-corrected chi connectivity index (χ0v) is 10.2. The molecule has 1 aromatic carbocycles. The van der Waals surface area contributed by atoms with Crippen LogP contribution < -0.4 is 0 Å². The van der Waals surface area contributed by atoms with E-state index in [0.717, 1.165) is 11.1 Å². The van der Waals surface area contributed by atoms with E-state index in [0.29, 0.717) is 0 Å². The lowest BCUT2D eigenvalue weighted by Crippen LogP contribution is -1.92. The monoisotopic (exact) mass is 209 g/mol. The number of hydrogen-bond acceptors (Lipinski definition) is 1. The van der Waals surface area contributed by atoms with Crippen molar-refractivity contribution in [3.8, 4) is 11.8 Å². The molecule has 0 amide bonds. The van der Waals surface area contributed by atoms with E-state index in [1.165, 1.54) is 22.1 Å². The Kier molecular flexibility index (Phi) is 2.66. The second-order valence-corrected chi connectivity index (χ2v) is 4.11. The molecule has 0 saturated heterocycles. The molecule has 0 aliphatic carbocycles. The minimum atomic E-state index is 0.984. The molecule has 0 aliphatic heterocycles. The first-order valence-corrected chi connectivity index (χ1v) is 5.43. The number of hydrogen-bond donors (Lipinski definition) is 0. The van der Waals surface area contributed by atoms with Gasteiger partial charge in [0, 0.05) is 17.1 Å². The van der Waals surface area contributed by atoms with Crippen LogP contribution in [0.4, 0.5) is 0 Å². The third-order valence-corrected chi connectivity index (χ3v) is 3.07. The van der Waals surface area contributed by atoms with Gasteiger partial charge in [0.1, 0.15) is 0 Å². The lowest BCUT2D eigenvalue weighted by atomic mass is 9.99. The van der Waals surface area contributed by atoms with Gasteiger partial charge in [-0.2, -0.15) is 0 Å². The Labute approximate surface area is 96.5 Å². The number of aryl methyl sites for hydroxylation is 2. The standard InChI is InChI=1S/C15H15N/c1-5-6-13-8-14-7-10(2)11(3)12(4)15(14)16-9-13/h7-9H,1-4H3. The fourth-order valence-electron chi connectivity index (χ4n) is 1.93. The zero-order chi connectivity index (χ0) is 11.7. The van der Waals surface area contributed by atoms with Gasteiger partial charge in [-0.1, -0.05) is 5.92 Å². The van der Waals surface area contributed by atoms with Gasteiger partial charge in [-0.05, 0) is 56.5 Å². The maximum atomic E-state index is 4.50. The highest BCUT2D eigenvalue weighted by Crippen LogP contribution is 2.23. The van der Waals surface area contributed by atoms with Crippen molar-refractivity contribution in [3.63, 3.8) is 0 Å². The maximum absolute atomic E-state index is 4.50. The Balaban J connectivity index is 2.79. The molecule has 0 atom stereocenters. The third kappa shape index (κ3) is 1.67. The van der Waals surface area contributed by atoms with Crippen LogP contribution in [0.5, 0.6) is 0 Å². The Morgan fingerprint density at radius 1 is 1.06 bits per heavy atom. The predicted molar refractivity (Wildman–Crippen MR) is 68.5 cm³/mol. The number of benzene rings is 1. The average molecular weight is 209 g/mol. The Morgan fingerprint density at radius 3 is 2.50 bits per heavy atom. The minimum absolute atomic E-state index is 0.984. The summed E-state index contributed by atoms with van der Waals surface area (Å²) in [6.45, 7) is 8.25. The topological polar surface area (TPSA) is 12.9 Å². The summed E-state index contributed by atoms with van der Waals surface area (Å²) in [5, 5.41) is 1.18. The quantitative estimate of drug-likeness (QED) is 0.605. The van der Waals surface area contributed by atoms with E-state index in [1.54, 1.807) is 0 Å². The SMILES string of the molecule is CC#Cc1cnc2c(C)c(C)c(C)cc2c1. The van der Waals surface area contributed by atoms with Gasteiger partial charge in [-0.25, -0.2) is 0 Å². The van der Waals surface area contributed by atoms with Crippen LogP contribution in [0.15, 0.2) is 18.3 Å². The molecule has 0 aliphatic rings. The van der Waals surface area contributed by atoms with Crippen LogP contribution in [0, 0.1) is 32.6 Å². The molecule has 2 rings (SSSR count). The van der Waals surface area contributed by atoms with Crippen molar-refractivity contribution in [2.75, 3.05) is 0 Å². The first-order valence-electron chi connectivity index (χ1n) is 5.43. The first-order chi connectivity index (χ1) is 7.63. The van der Waals surface area contributed by atoms with Crippen molar-refractivity contribution >= 4 is 10.9 Å². The fraction of sp³-hybridized carbons (Fsp3) is 0.267. The van der Waals surface area contributed by atoms with Crippen LogP contribution in [-0.4, -0.2) is 4.98 Å². The zero-order valence-electron chi connectivity index (χ0n) is 10.2. The van der Waals surface area contributed by atoms with E-state index < -0.39 is 0 Å². The Bertz CT molecular complexity index is 613. The Hall–Kier alpha value is -1.81.